The molecule has 4 rings (SSSR count). The van der Waals surface area contributed by atoms with E-state index in [1.807, 2.05) is 13.2 Å². The molecule has 10 heteroatoms. The zero-order chi connectivity index (χ0) is 24.8. The molecule has 8 nitrogen and oxygen atoms in total. The van der Waals surface area contributed by atoms with Crippen molar-refractivity contribution in [2.75, 3.05) is 42.2 Å². The Bertz CT molecular complexity index is 1300. The van der Waals surface area contributed by atoms with Crippen molar-refractivity contribution in [1.82, 2.24) is 0 Å². The minimum absolute atomic E-state index is 0.0775. The van der Waals surface area contributed by atoms with Crippen molar-refractivity contribution in [1.29, 1.82) is 0 Å². The lowest BCUT2D eigenvalue weighted by Crippen LogP contribution is -2.38. The lowest BCUT2D eigenvalue weighted by Gasteiger charge is -2.26. The molecule has 0 saturated carbocycles. The summed E-state index contributed by atoms with van der Waals surface area (Å²) in [5, 5.41) is 2.76. The summed E-state index contributed by atoms with van der Waals surface area (Å²) in [7, 11) is -4.08. The van der Waals surface area contributed by atoms with Gasteiger partial charge in [0.25, 0.3) is 10.0 Å². The molecule has 0 aromatic heterocycles. The van der Waals surface area contributed by atoms with E-state index in [1.54, 1.807) is 54.6 Å². The fourth-order valence-corrected chi connectivity index (χ4v) is 5.41. The number of hydrogen-bond donors (Lipinski definition) is 1. The highest BCUT2D eigenvalue weighted by Crippen LogP contribution is 2.34. The van der Waals surface area contributed by atoms with Crippen molar-refractivity contribution in [2.45, 2.75) is 16.7 Å². The third-order valence-corrected chi connectivity index (χ3v) is 7.71. The molecule has 1 aliphatic heterocycles. The third-order valence-electron chi connectivity index (χ3n) is 5.19. The maximum Gasteiger partial charge on any atom is 0.264 e. The van der Waals surface area contributed by atoms with Gasteiger partial charge in [-0.15, -0.1) is 11.8 Å². The van der Waals surface area contributed by atoms with Gasteiger partial charge in [0.2, 0.25) is 5.91 Å². The maximum atomic E-state index is 13.7. The van der Waals surface area contributed by atoms with Crippen molar-refractivity contribution in [3.8, 4) is 17.2 Å². The predicted molar refractivity (Wildman–Crippen MR) is 136 cm³/mol. The molecule has 1 N–H and O–H groups in total. The molecular weight excluding hydrogens is 488 g/mol. The summed E-state index contributed by atoms with van der Waals surface area (Å²) >= 11 is 1.51. The van der Waals surface area contributed by atoms with Crippen LogP contribution in [0.15, 0.2) is 76.5 Å². The van der Waals surface area contributed by atoms with E-state index in [0.29, 0.717) is 42.8 Å². The van der Waals surface area contributed by atoms with Crippen molar-refractivity contribution in [3.05, 3.63) is 66.7 Å². The molecule has 0 spiro atoms. The van der Waals surface area contributed by atoms with Crippen LogP contribution < -0.4 is 23.8 Å². The van der Waals surface area contributed by atoms with E-state index < -0.39 is 22.5 Å². The lowest BCUT2D eigenvalue weighted by atomic mass is 10.2. The smallest absolute Gasteiger partial charge is 0.264 e. The second-order valence-corrected chi connectivity index (χ2v) is 10.2. The Hall–Kier alpha value is -3.37. The average Bonchev–Trinajstić information content (AvgIpc) is 2.88. The Morgan fingerprint density at radius 2 is 1.74 bits per heavy atom. The van der Waals surface area contributed by atoms with Crippen LogP contribution in [0.2, 0.25) is 0 Å². The second kappa shape index (κ2) is 10.9. The summed E-state index contributed by atoms with van der Waals surface area (Å²) < 4.78 is 45.3. The second-order valence-electron chi connectivity index (χ2n) is 7.49. The summed E-state index contributed by atoms with van der Waals surface area (Å²) in [5.41, 5.74) is 0.750. The van der Waals surface area contributed by atoms with Gasteiger partial charge in [-0.1, -0.05) is 12.1 Å². The Balaban J connectivity index is 1.66. The Morgan fingerprint density at radius 1 is 1.03 bits per heavy atom. The number of anilines is 2. The molecule has 0 saturated heterocycles. The summed E-state index contributed by atoms with van der Waals surface area (Å²) in [6.07, 6.45) is 1.91. The average molecular weight is 515 g/mol. The van der Waals surface area contributed by atoms with E-state index in [2.05, 4.69) is 5.32 Å². The summed E-state index contributed by atoms with van der Waals surface area (Å²) in [6.45, 7) is 2.58. The molecular formula is C25H26N2O6S2. The third kappa shape index (κ3) is 5.66. The number of carbonyl (C=O) groups is 1. The summed E-state index contributed by atoms with van der Waals surface area (Å²) in [6, 6.07) is 18.3. The number of para-hydroxylation sites is 2. The van der Waals surface area contributed by atoms with Crippen LogP contribution in [0.4, 0.5) is 11.4 Å². The van der Waals surface area contributed by atoms with Crippen LogP contribution in [0.3, 0.4) is 0 Å². The number of amides is 1. The van der Waals surface area contributed by atoms with Gasteiger partial charge in [-0.25, -0.2) is 8.42 Å². The van der Waals surface area contributed by atoms with Crippen molar-refractivity contribution in [2.24, 2.45) is 0 Å². The van der Waals surface area contributed by atoms with Gasteiger partial charge in [0.15, 0.2) is 11.5 Å². The molecule has 35 heavy (non-hydrogen) atoms. The van der Waals surface area contributed by atoms with Gasteiger partial charge in [0, 0.05) is 16.6 Å². The molecule has 0 aliphatic carbocycles. The van der Waals surface area contributed by atoms with E-state index >= 15 is 0 Å². The summed E-state index contributed by atoms with van der Waals surface area (Å²) in [5.74, 6) is 0.968. The van der Waals surface area contributed by atoms with Gasteiger partial charge in [-0.05, 0) is 61.7 Å². The molecule has 0 unspecified atom stereocenters. The summed E-state index contributed by atoms with van der Waals surface area (Å²) in [4.78, 5) is 14.1. The number of ether oxygens (including phenoxy) is 3. The van der Waals surface area contributed by atoms with Crippen molar-refractivity contribution in [3.63, 3.8) is 0 Å². The van der Waals surface area contributed by atoms with Crippen LogP contribution in [0.25, 0.3) is 0 Å². The molecule has 0 atom stereocenters. The molecule has 184 valence electrons. The number of rotatable bonds is 9. The topological polar surface area (TPSA) is 94.2 Å². The minimum atomic E-state index is -4.08. The highest BCUT2D eigenvalue weighted by molar-refractivity contribution is 7.98. The van der Waals surface area contributed by atoms with Gasteiger partial charge in [-0.3, -0.25) is 9.10 Å². The standard InChI is InChI=1S/C25H26N2O6S2/c1-3-31-22-7-5-4-6-21(22)27(35(29,30)20-11-9-19(34-2)10-12-20)17-25(28)26-18-8-13-23-24(16-18)33-15-14-32-23/h4-13,16H,3,14-15,17H2,1-2H3,(H,26,28). The minimum Gasteiger partial charge on any atom is -0.492 e. The number of benzene rings is 3. The molecule has 0 radical (unpaired) electrons. The highest BCUT2D eigenvalue weighted by atomic mass is 32.2. The first-order chi connectivity index (χ1) is 16.9. The maximum absolute atomic E-state index is 13.7. The number of fused-ring (bicyclic) bond motifs is 1. The van der Waals surface area contributed by atoms with Crippen molar-refractivity contribution >= 4 is 39.1 Å². The molecule has 3 aromatic carbocycles. The molecule has 1 amide bonds. The van der Waals surface area contributed by atoms with E-state index in [-0.39, 0.29) is 10.6 Å². The normalized spacial score (nSPS) is 12.6. The van der Waals surface area contributed by atoms with Crippen LogP contribution in [-0.2, 0) is 14.8 Å². The number of thioether (sulfide) groups is 1. The van der Waals surface area contributed by atoms with Gasteiger partial charge in [0.05, 0.1) is 17.2 Å². The number of nitrogens with zero attached hydrogens (tertiary/aromatic N) is 1. The van der Waals surface area contributed by atoms with Crippen molar-refractivity contribution < 1.29 is 27.4 Å². The zero-order valence-electron chi connectivity index (χ0n) is 19.4. The quantitative estimate of drug-likeness (QED) is 0.423. The molecule has 0 fully saturated rings. The number of nitrogens with one attached hydrogen (secondary N) is 1. The molecule has 3 aromatic rings. The van der Waals surface area contributed by atoms with Gasteiger partial charge in [0.1, 0.15) is 25.5 Å². The number of carbonyl (C=O) groups excluding carboxylic acids is 1. The van der Waals surface area contributed by atoms with E-state index in [9.17, 15) is 13.2 Å². The van der Waals surface area contributed by atoms with Crippen LogP contribution >= 0.6 is 11.8 Å². The van der Waals surface area contributed by atoms with Crippen LogP contribution in [0.1, 0.15) is 6.92 Å². The first kappa shape index (κ1) is 24.7. The fourth-order valence-electron chi connectivity index (χ4n) is 3.57. The first-order valence-corrected chi connectivity index (χ1v) is 13.7. The largest absolute Gasteiger partial charge is 0.492 e. The Labute approximate surface area is 209 Å². The van der Waals surface area contributed by atoms with Crippen LogP contribution in [0.5, 0.6) is 17.2 Å². The zero-order valence-corrected chi connectivity index (χ0v) is 21.0. The van der Waals surface area contributed by atoms with E-state index in [1.165, 1.54) is 23.9 Å². The van der Waals surface area contributed by atoms with Gasteiger partial charge < -0.3 is 19.5 Å². The predicted octanol–water partition coefficient (Wildman–Crippen LogP) is 4.41. The Kier molecular flexibility index (Phi) is 7.72. The Morgan fingerprint density at radius 3 is 2.46 bits per heavy atom. The lowest BCUT2D eigenvalue weighted by molar-refractivity contribution is -0.114. The van der Waals surface area contributed by atoms with E-state index in [4.69, 9.17) is 14.2 Å². The monoisotopic (exact) mass is 514 g/mol. The number of hydrogen-bond acceptors (Lipinski definition) is 7. The number of sulfonamides is 1. The highest BCUT2D eigenvalue weighted by Gasteiger charge is 2.29. The van der Waals surface area contributed by atoms with Gasteiger partial charge in [-0.2, -0.15) is 0 Å². The molecule has 0 bridgehead atoms. The first-order valence-electron chi connectivity index (χ1n) is 11.0. The van der Waals surface area contributed by atoms with Gasteiger partial charge >= 0.3 is 0 Å². The fraction of sp³-hybridized carbons (Fsp3) is 0.240. The molecule has 1 heterocycles. The van der Waals surface area contributed by atoms with E-state index in [0.717, 1.165) is 9.20 Å². The molecule has 1 aliphatic rings. The van der Waals surface area contributed by atoms with Crippen LogP contribution in [-0.4, -0.2) is 46.9 Å². The SMILES string of the molecule is CCOc1ccccc1N(CC(=O)Nc1ccc2c(c1)OCCO2)S(=O)(=O)c1ccc(SC)cc1. The van der Waals surface area contributed by atoms with Crippen LogP contribution in [0, 0.1) is 0 Å².